The zero-order chi connectivity index (χ0) is 16.8. The molecule has 128 valence electrons. The SMILES string of the molecule is CCN1CC(c2nc(NCC(C)C)nc(NCC(C)C)n2)N=N1. The van der Waals surface area contributed by atoms with Crippen LogP contribution in [0, 0.1) is 11.8 Å². The van der Waals surface area contributed by atoms with E-state index in [1.54, 1.807) is 0 Å². The number of likely N-dealkylation sites (N-methyl/N-ethyl adjacent to an activating group) is 1. The Morgan fingerprint density at radius 1 is 1.00 bits per heavy atom. The van der Waals surface area contributed by atoms with Crippen LogP contribution in [0.2, 0.25) is 0 Å². The predicted octanol–water partition coefficient (Wildman–Crippen LogP) is 2.75. The van der Waals surface area contributed by atoms with E-state index in [2.05, 4.69) is 70.5 Å². The lowest BCUT2D eigenvalue weighted by Crippen LogP contribution is -2.20. The van der Waals surface area contributed by atoms with Gasteiger partial charge in [-0.2, -0.15) is 20.1 Å². The smallest absolute Gasteiger partial charge is 0.227 e. The number of aromatic nitrogens is 3. The van der Waals surface area contributed by atoms with E-state index in [0.717, 1.165) is 19.6 Å². The molecule has 8 nitrogen and oxygen atoms in total. The van der Waals surface area contributed by atoms with Crippen molar-refractivity contribution in [3.8, 4) is 0 Å². The third-order valence-electron chi connectivity index (χ3n) is 3.35. The first-order valence-corrected chi connectivity index (χ1v) is 8.37. The third-order valence-corrected chi connectivity index (χ3v) is 3.35. The summed E-state index contributed by atoms with van der Waals surface area (Å²) < 4.78 is 0. The van der Waals surface area contributed by atoms with Crippen molar-refractivity contribution in [2.45, 2.75) is 40.7 Å². The lowest BCUT2D eigenvalue weighted by Gasteiger charge is -2.14. The summed E-state index contributed by atoms with van der Waals surface area (Å²) in [5.41, 5.74) is 0. The van der Waals surface area contributed by atoms with E-state index >= 15 is 0 Å². The van der Waals surface area contributed by atoms with Gasteiger partial charge in [0.25, 0.3) is 0 Å². The van der Waals surface area contributed by atoms with Gasteiger partial charge >= 0.3 is 0 Å². The van der Waals surface area contributed by atoms with Gasteiger partial charge in [-0.15, -0.1) is 0 Å². The molecule has 2 N–H and O–H groups in total. The van der Waals surface area contributed by atoms with Gasteiger partial charge in [0.2, 0.25) is 11.9 Å². The van der Waals surface area contributed by atoms with E-state index in [1.807, 2.05) is 5.01 Å². The van der Waals surface area contributed by atoms with Crippen LogP contribution < -0.4 is 10.6 Å². The highest BCUT2D eigenvalue weighted by Gasteiger charge is 2.24. The van der Waals surface area contributed by atoms with Crippen LogP contribution in [0.1, 0.15) is 46.5 Å². The number of rotatable bonds is 8. The van der Waals surface area contributed by atoms with Crippen LogP contribution >= 0.6 is 0 Å². The maximum atomic E-state index is 4.53. The van der Waals surface area contributed by atoms with Gasteiger partial charge in [-0.1, -0.05) is 32.9 Å². The van der Waals surface area contributed by atoms with Gasteiger partial charge < -0.3 is 10.6 Å². The summed E-state index contributed by atoms with van der Waals surface area (Å²) >= 11 is 0. The van der Waals surface area contributed by atoms with Crippen molar-refractivity contribution in [1.29, 1.82) is 0 Å². The second kappa shape index (κ2) is 8.03. The lowest BCUT2D eigenvalue weighted by atomic mass is 10.2. The van der Waals surface area contributed by atoms with E-state index < -0.39 is 0 Å². The molecule has 2 heterocycles. The molecule has 1 aliphatic rings. The molecule has 1 aromatic heterocycles. The summed E-state index contributed by atoms with van der Waals surface area (Å²) in [6, 6.07) is -0.128. The molecule has 8 heteroatoms. The summed E-state index contributed by atoms with van der Waals surface area (Å²) in [7, 11) is 0. The number of nitrogens with one attached hydrogen (secondary N) is 2. The molecule has 0 radical (unpaired) electrons. The van der Waals surface area contributed by atoms with Crippen molar-refractivity contribution >= 4 is 11.9 Å². The summed E-state index contributed by atoms with van der Waals surface area (Å²) in [6.45, 7) is 13.8. The second-order valence-electron chi connectivity index (χ2n) is 6.62. The third kappa shape index (κ3) is 5.30. The van der Waals surface area contributed by atoms with E-state index in [1.165, 1.54) is 0 Å². The van der Waals surface area contributed by atoms with E-state index in [0.29, 0.717) is 36.1 Å². The minimum absolute atomic E-state index is 0.128. The normalized spacial score (nSPS) is 17.3. The molecule has 1 atom stereocenters. The topological polar surface area (TPSA) is 90.7 Å². The molecule has 0 saturated heterocycles. The van der Waals surface area contributed by atoms with Gasteiger partial charge in [-0.05, 0) is 18.8 Å². The predicted molar refractivity (Wildman–Crippen MR) is 91.3 cm³/mol. The van der Waals surface area contributed by atoms with Crippen LogP contribution in [-0.4, -0.2) is 46.1 Å². The summed E-state index contributed by atoms with van der Waals surface area (Å²) in [5.74, 6) is 2.89. The molecule has 0 amide bonds. The fourth-order valence-electron chi connectivity index (χ4n) is 2.02. The standard InChI is InChI=1S/C15H28N8/c1-6-23-9-12(21-22-23)13-18-14(16-7-10(2)3)20-15(19-13)17-8-11(4)5/h10-12H,6-9H2,1-5H3,(H2,16,17,18,19,20). The van der Waals surface area contributed by atoms with Crippen LogP contribution in [0.3, 0.4) is 0 Å². The molecule has 0 bridgehead atoms. The molecule has 0 fully saturated rings. The van der Waals surface area contributed by atoms with Crippen LogP contribution in [0.5, 0.6) is 0 Å². The molecule has 1 aromatic rings. The highest BCUT2D eigenvalue weighted by Crippen LogP contribution is 2.23. The van der Waals surface area contributed by atoms with Gasteiger partial charge in [-0.25, -0.2) is 0 Å². The Labute approximate surface area is 138 Å². The average molecular weight is 320 g/mol. The fourth-order valence-corrected chi connectivity index (χ4v) is 2.02. The highest BCUT2D eigenvalue weighted by molar-refractivity contribution is 5.35. The maximum absolute atomic E-state index is 4.53. The van der Waals surface area contributed by atoms with Gasteiger partial charge in [0, 0.05) is 19.6 Å². The van der Waals surface area contributed by atoms with Crippen molar-refractivity contribution in [2.75, 3.05) is 36.8 Å². The Hall–Kier alpha value is -1.99. The van der Waals surface area contributed by atoms with Crippen LogP contribution in [0.25, 0.3) is 0 Å². The van der Waals surface area contributed by atoms with Crippen LogP contribution in [-0.2, 0) is 0 Å². The largest absolute Gasteiger partial charge is 0.354 e. The minimum atomic E-state index is -0.128. The quantitative estimate of drug-likeness (QED) is 0.765. The lowest BCUT2D eigenvalue weighted by molar-refractivity contribution is 0.325. The van der Waals surface area contributed by atoms with Gasteiger partial charge in [-0.3, -0.25) is 5.01 Å². The van der Waals surface area contributed by atoms with Gasteiger partial charge in [0.1, 0.15) is 0 Å². The van der Waals surface area contributed by atoms with Crippen LogP contribution in [0.15, 0.2) is 10.3 Å². The molecule has 0 saturated carbocycles. The average Bonchev–Trinajstić information content (AvgIpc) is 3.00. The molecule has 1 unspecified atom stereocenters. The van der Waals surface area contributed by atoms with E-state index in [9.17, 15) is 0 Å². The molecule has 0 aromatic carbocycles. The molecular formula is C15H28N8. The Morgan fingerprint density at radius 2 is 1.57 bits per heavy atom. The summed E-state index contributed by atoms with van der Waals surface area (Å²) in [4.78, 5) is 13.5. The number of nitrogens with zero attached hydrogens (tertiary/aromatic N) is 6. The Kier molecular flexibility index (Phi) is 6.06. The Morgan fingerprint density at radius 3 is 2.00 bits per heavy atom. The molecular weight excluding hydrogens is 292 g/mol. The maximum Gasteiger partial charge on any atom is 0.227 e. The van der Waals surface area contributed by atoms with Crippen molar-refractivity contribution in [3.63, 3.8) is 0 Å². The van der Waals surface area contributed by atoms with Crippen molar-refractivity contribution in [3.05, 3.63) is 5.82 Å². The van der Waals surface area contributed by atoms with Crippen molar-refractivity contribution in [2.24, 2.45) is 22.2 Å². The summed E-state index contributed by atoms with van der Waals surface area (Å²) in [6.07, 6.45) is 0. The van der Waals surface area contributed by atoms with E-state index in [4.69, 9.17) is 0 Å². The minimum Gasteiger partial charge on any atom is -0.354 e. The number of anilines is 2. The monoisotopic (exact) mass is 320 g/mol. The zero-order valence-corrected chi connectivity index (χ0v) is 14.7. The van der Waals surface area contributed by atoms with Crippen molar-refractivity contribution in [1.82, 2.24) is 20.0 Å². The highest BCUT2D eigenvalue weighted by atomic mass is 15.6. The fraction of sp³-hybridized carbons (Fsp3) is 0.800. The molecule has 23 heavy (non-hydrogen) atoms. The van der Waals surface area contributed by atoms with Crippen LogP contribution in [0.4, 0.5) is 11.9 Å². The van der Waals surface area contributed by atoms with Gasteiger partial charge in [0.15, 0.2) is 11.9 Å². The molecule has 2 rings (SSSR count). The first kappa shape index (κ1) is 17.4. The number of hydrogen-bond donors (Lipinski definition) is 2. The number of hydrogen-bond acceptors (Lipinski definition) is 8. The molecule has 1 aliphatic heterocycles. The second-order valence-corrected chi connectivity index (χ2v) is 6.62. The molecule has 0 aliphatic carbocycles. The zero-order valence-electron chi connectivity index (χ0n) is 14.7. The Bertz CT molecular complexity index is 498. The summed E-state index contributed by atoms with van der Waals surface area (Å²) in [5, 5.41) is 16.9. The Balaban J connectivity index is 2.16. The molecule has 0 spiro atoms. The van der Waals surface area contributed by atoms with Gasteiger partial charge in [0.05, 0.1) is 6.54 Å². The first-order valence-electron chi connectivity index (χ1n) is 8.37. The van der Waals surface area contributed by atoms with E-state index in [-0.39, 0.29) is 6.04 Å². The first-order chi connectivity index (χ1) is 11.0. The van der Waals surface area contributed by atoms with Crippen molar-refractivity contribution < 1.29 is 0 Å².